The van der Waals surface area contributed by atoms with Crippen LogP contribution in [0.2, 0.25) is 0 Å². The monoisotopic (exact) mass is 384 g/mol. The van der Waals surface area contributed by atoms with Crippen molar-refractivity contribution in [3.8, 4) is 0 Å². The number of nitrogens with one attached hydrogen (secondary N) is 2. The second-order valence-corrected chi connectivity index (χ2v) is 5.98. The number of benzene rings is 2. The summed E-state index contributed by atoms with van der Waals surface area (Å²) in [6.07, 6.45) is -0.397. The molecule has 0 bridgehead atoms. The molecule has 0 aliphatic rings. The minimum Gasteiger partial charge on any atom is -0.461 e. The first-order chi connectivity index (χ1) is 13.6. The maximum Gasteiger partial charge on any atom is 0.407 e. The van der Waals surface area contributed by atoms with Crippen molar-refractivity contribution in [2.75, 3.05) is 13.1 Å². The summed E-state index contributed by atoms with van der Waals surface area (Å²) in [5.74, 6) is -0.647. The summed E-state index contributed by atoms with van der Waals surface area (Å²) in [6, 6.07) is 18.7. The zero-order valence-electron chi connectivity index (χ0n) is 15.6. The normalized spacial score (nSPS) is 10.0. The third kappa shape index (κ3) is 8.84. The van der Waals surface area contributed by atoms with E-state index in [-0.39, 0.29) is 51.0 Å². The number of ether oxygens (including phenoxy) is 2. The Hall–Kier alpha value is -3.35. The molecule has 0 radical (unpaired) electrons. The van der Waals surface area contributed by atoms with E-state index in [0.29, 0.717) is 0 Å². The maximum absolute atomic E-state index is 11.7. The van der Waals surface area contributed by atoms with Crippen LogP contribution >= 0.6 is 0 Å². The topological polar surface area (TPSA) is 93.7 Å². The highest BCUT2D eigenvalue weighted by Crippen LogP contribution is 2.02. The molecule has 148 valence electrons. The summed E-state index contributed by atoms with van der Waals surface area (Å²) < 4.78 is 10.2. The smallest absolute Gasteiger partial charge is 0.407 e. The number of carbonyl (C=O) groups is 3. The van der Waals surface area contributed by atoms with Gasteiger partial charge in [0, 0.05) is 19.5 Å². The van der Waals surface area contributed by atoms with Gasteiger partial charge in [0.25, 0.3) is 0 Å². The summed E-state index contributed by atoms with van der Waals surface area (Å²) in [4.78, 5) is 34.9. The molecular formula is C21H24N2O5. The molecule has 2 aromatic carbocycles. The van der Waals surface area contributed by atoms with Crippen molar-refractivity contribution in [1.29, 1.82) is 0 Å². The maximum atomic E-state index is 11.7. The van der Waals surface area contributed by atoms with E-state index < -0.39 is 6.09 Å². The molecule has 0 heterocycles. The van der Waals surface area contributed by atoms with Crippen LogP contribution in [0.4, 0.5) is 4.79 Å². The van der Waals surface area contributed by atoms with Crippen LogP contribution in [0.1, 0.15) is 24.0 Å². The van der Waals surface area contributed by atoms with E-state index in [0.717, 1.165) is 11.1 Å². The number of carbonyl (C=O) groups excluding carboxylic acids is 3. The predicted molar refractivity (Wildman–Crippen MR) is 103 cm³/mol. The van der Waals surface area contributed by atoms with Gasteiger partial charge in [-0.05, 0) is 11.1 Å². The minimum atomic E-state index is -0.582. The lowest BCUT2D eigenvalue weighted by Gasteiger charge is -2.08. The van der Waals surface area contributed by atoms with Crippen molar-refractivity contribution in [1.82, 2.24) is 10.6 Å². The molecule has 28 heavy (non-hydrogen) atoms. The minimum absolute atomic E-state index is 0.0884. The molecule has 2 aromatic rings. The number of hydrogen-bond donors (Lipinski definition) is 2. The first-order valence-electron chi connectivity index (χ1n) is 9.04. The molecule has 7 nitrogen and oxygen atoms in total. The van der Waals surface area contributed by atoms with Gasteiger partial charge in [0.2, 0.25) is 5.91 Å². The molecule has 0 unspecified atom stereocenters. The lowest BCUT2D eigenvalue weighted by molar-refractivity contribution is -0.144. The number of amides is 2. The van der Waals surface area contributed by atoms with Gasteiger partial charge < -0.3 is 20.1 Å². The van der Waals surface area contributed by atoms with Crippen molar-refractivity contribution in [2.45, 2.75) is 26.1 Å². The molecule has 0 saturated carbocycles. The Kier molecular flexibility index (Phi) is 9.06. The summed E-state index contributed by atoms with van der Waals surface area (Å²) >= 11 is 0. The fourth-order valence-electron chi connectivity index (χ4n) is 2.25. The second-order valence-electron chi connectivity index (χ2n) is 5.98. The van der Waals surface area contributed by atoms with Crippen LogP contribution in [0.25, 0.3) is 0 Å². The van der Waals surface area contributed by atoms with Crippen LogP contribution in [-0.4, -0.2) is 31.1 Å². The Morgan fingerprint density at radius 3 is 1.82 bits per heavy atom. The van der Waals surface area contributed by atoms with Crippen molar-refractivity contribution in [3.05, 3.63) is 71.8 Å². The van der Waals surface area contributed by atoms with Gasteiger partial charge in [-0.3, -0.25) is 9.59 Å². The van der Waals surface area contributed by atoms with Crippen LogP contribution < -0.4 is 10.6 Å². The van der Waals surface area contributed by atoms with E-state index in [2.05, 4.69) is 10.6 Å². The number of hydrogen-bond acceptors (Lipinski definition) is 5. The third-order valence-electron chi connectivity index (χ3n) is 3.73. The molecule has 0 aliphatic carbocycles. The number of rotatable bonds is 10. The van der Waals surface area contributed by atoms with E-state index in [4.69, 9.17) is 9.47 Å². The highest BCUT2D eigenvalue weighted by molar-refractivity contribution is 5.78. The van der Waals surface area contributed by atoms with Crippen LogP contribution in [-0.2, 0) is 32.3 Å². The average Bonchev–Trinajstić information content (AvgIpc) is 2.72. The third-order valence-corrected chi connectivity index (χ3v) is 3.73. The van der Waals surface area contributed by atoms with Crippen molar-refractivity contribution < 1.29 is 23.9 Å². The van der Waals surface area contributed by atoms with Gasteiger partial charge in [-0.2, -0.15) is 0 Å². The Bertz CT molecular complexity index is 686. The molecule has 2 N–H and O–H groups in total. The van der Waals surface area contributed by atoms with E-state index in [1.54, 1.807) is 0 Å². The van der Waals surface area contributed by atoms with Gasteiger partial charge in [0.15, 0.2) is 0 Å². The van der Waals surface area contributed by atoms with Crippen LogP contribution in [0.3, 0.4) is 0 Å². The first-order valence-corrected chi connectivity index (χ1v) is 9.04. The summed E-state index contributed by atoms with van der Waals surface area (Å²) in [5.41, 5.74) is 1.79. The summed E-state index contributed by atoms with van der Waals surface area (Å²) in [7, 11) is 0. The molecule has 0 spiro atoms. The van der Waals surface area contributed by atoms with Crippen molar-refractivity contribution in [2.24, 2.45) is 0 Å². The fourth-order valence-corrected chi connectivity index (χ4v) is 2.25. The van der Waals surface area contributed by atoms with Crippen molar-refractivity contribution >= 4 is 18.0 Å². The van der Waals surface area contributed by atoms with E-state index in [1.807, 2.05) is 60.7 Å². The Morgan fingerprint density at radius 2 is 1.21 bits per heavy atom. The van der Waals surface area contributed by atoms with E-state index >= 15 is 0 Å². The Balaban J connectivity index is 1.49. The van der Waals surface area contributed by atoms with Gasteiger partial charge in [-0.15, -0.1) is 0 Å². The van der Waals surface area contributed by atoms with Crippen LogP contribution in [0.15, 0.2) is 60.7 Å². The summed E-state index contributed by atoms with van der Waals surface area (Å²) in [5, 5.41) is 5.12. The fraction of sp³-hybridized carbons (Fsp3) is 0.286. The van der Waals surface area contributed by atoms with Gasteiger partial charge >= 0.3 is 12.1 Å². The molecule has 2 amide bonds. The average molecular weight is 384 g/mol. The molecule has 0 fully saturated rings. The van der Waals surface area contributed by atoms with Crippen LogP contribution in [0, 0.1) is 0 Å². The molecule has 0 aliphatic heterocycles. The van der Waals surface area contributed by atoms with Crippen LogP contribution in [0.5, 0.6) is 0 Å². The Morgan fingerprint density at radius 1 is 0.679 bits per heavy atom. The lowest BCUT2D eigenvalue weighted by Crippen LogP contribution is -2.32. The van der Waals surface area contributed by atoms with Gasteiger partial charge in [0.1, 0.15) is 13.2 Å². The SMILES string of the molecule is O=C(CCNC(=O)OCc1ccccc1)NCCC(=O)OCc1ccccc1. The van der Waals surface area contributed by atoms with Crippen molar-refractivity contribution in [3.63, 3.8) is 0 Å². The molecule has 2 rings (SSSR count). The summed E-state index contributed by atoms with van der Waals surface area (Å²) in [6.45, 7) is 0.718. The van der Waals surface area contributed by atoms with Gasteiger partial charge in [0.05, 0.1) is 6.42 Å². The molecule has 0 saturated heterocycles. The standard InChI is InChI=1S/C21H24N2O5/c24-19(11-13-23-21(26)28-16-18-9-5-2-6-10-18)22-14-12-20(25)27-15-17-7-3-1-4-8-17/h1-10H,11-16H2,(H,22,24)(H,23,26). The van der Waals surface area contributed by atoms with Gasteiger partial charge in [-0.1, -0.05) is 60.7 Å². The number of alkyl carbamates (subject to hydrolysis) is 1. The highest BCUT2D eigenvalue weighted by atomic mass is 16.5. The molecular weight excluding hydrogens is 360 g/mol. The Labute approximate surface area is 164 Å². The lowest BCUT2D eigenvalue weighted by atomic mass is 10.2. The van der Waals surface area contributed by atoms with E-state index in [9.17, 15) is 14.4 Å². The largest absolute Gasteiger partial charge is 0.461 e. The molecule has 0 atom stereocenters. The molecule has 7 heteroatoms. The second kappa shape index (κ2) is 12.1. The quantitative estimate of drug-likeness (QED) is 0.614. The number of esters is 1. The zero-order chi connectivity index (χ0) is 20.0. The predicted octanol–water partition coefficient (Wildman–Crippen LogP) is 2.55. The zero-order valence-corrected chi connectivity index (χ0v) is 15.6. The van der Waals surface area contributed by atoms with Gasteiger partial charge in [-0.25, -0.2) is 4.79 Å². The van der Waals surface area contributed by atoms with E-state index in [1.165, 1.54) is 0 Å². The highest BCUT2D eigenvalue weighted by Gasteiger charge is 2.07. The molecule has 0 aromatic heterocycles. The first kappa shape index (κ1) is 21.0.